The largest absolute Gasteiger partial charge is 0.494 e. The summed E-state index contributed by atoms with van der Waals surface area (Å²) in [6.07, 6.45) is 2.43. The third-order valence-corrected chi connectivity index (χ3v) is 4.26. The highest BCUT2D eigenvalue weighted by atomic mass is 16.5. The average molecular weight is 304 g/mol. The standard InChI is InChI=1S/C18H28N2O2/c1-4-22-17-9-7-16(8-10-17)18(21)19-12-15-6-5-11-20(13-15)14(2)3/h7-10,14-15H,4-6,11-13H2,1-3H3,(H,19,21). The quantitative estimate of drug-likeness (QED) is 0.878. The van der Waals surface area contributed by atoms with Gasteiger partial charge in [0.2, 0.25) is 0 Å². The Balaban J connectivity index is 1.81. The lowest BCUT2D eigenvalue weighted by Crippen LogP contribution is -2.43. The highest BCUT2D eigenvalue weighted by molar-refractivity contribution is 5.94. The van der Waals surface area contributed by atoms with Crippen LogP contribution in [0.15, 0.2) is 24.3 Å². The van der Waals surface area contributed by atoms with Crippen molar-refractivity contribution in [1.82, 2.24) is 10.2 Å². The van der Waals surface area contributed by atoms with Gasteiger partial charge in [-0.15, -0.1) is 0 Å². The van der Waals surface area contributed by atoms with Crippen molar-refractivity contribution in [3.05, 3.63) is 29.8 Å². The number of piperidine rings is 1. The second-order valence-corrected chi connectivity index (χ2v) is 6.26. The zero-order valence-corrected chi connectivity index (χ0v) is 14.0. The molecule has 1 aromatic rings. The fourth-order valence-electron chi connectivity index (χ4n) is 2.94. The Kier molecular flexibility index (Phi) is 6.25. The molecule has 4 heteroatoms. The minimum atomic E-state index is 0.00437. The number of likely N-dealkylation sites (tertiary alicyclic amines) is 1. The van der Waals surface area contributed by atoms with Gasteiger partial charge >= 0.3 is 0 Å². The van der Waals surface area contributed by atoms with Crippen LogP contribution in [0.4, 0.5) is 0 Å². The van der Waals surface area contributed by atoms with E-state index >= 15 is 0 Å². The maximum Gasteiger partial charge on any atom is 0.251 e. The molecule has 1 saturated heterocycles. The molecule has 1 atom stereocenters. The predicted octanol–water partition coefficient (Wildman–Crippen LogP) is 2.94. The van der Waals surface area contributed by atoms with Gasteiger partial charge < -0.3 is 15.0 Å². The molecule has 0 aromatic heterocycles. The smallest absolute Gasteiger partial charge is 0.251 e. The van der Waals surface area contributed by atoms with Crippen LogP contribution in [0.2, 0.25) is 0 Å². The number of hydrogen-bond donors (Lipinski definition) is 1. The monoisotopic (exact) mass is 304 g/mol. The second kappa shape index (κ2) is 8.18. The van der Waals surface area contributed by atoms with Crippen LogP contribution in [0.25, 0.3) is 0 Å². The number of benzene rings is 1. The summed E-state index contributed by atoms with van der Waals surface area (Å²) < 4.78 is 5.39. The van der Waals surface area contributed by atoms with Crippen molar-refractivity contribution in [2.24, 2.45) is 5.92 Å². The zero-order chi connectivity index (χ0) is 15.9. The van der Waals surface area contributed by atoms with Gasteiger partial charge in [-0.1, -0.05) is 0 Å². The van der Waals surface area contributed by atoms with Crippen LogP contribution in [0.3, 0.4) is 0 Å². The van der Waals surface area contributed by atoms with Crippen LogP contribution in [0.5, 0.6) is 5.75 Å². The first-order valence-electron chi connectivity index (χ1n) is 8.35. The van der Waals surface area contributed by atoms with Crippen LogP contribution in [-0.2, 0) is 0 Å². The lowest BCUT2D eigenvalue weighted by molar-refractivity contribution is 0.0922. The molecule has 0 aliphatic carbocycles. The van der Waals surface area contributed by atoms with Crippen LogP contribution in [0, 0.1) is 5.92 Å². The van der Waals surface area contributed by atoms with Crippen molar-refractivity contribution in [2.75, 3.05) is 26.2 Å². The lowest BCUT2D eigenvalue weighted by atomic mass is 9.97. The first-order valence-corrected chi connectivity index (χ1v) is 8.35. The summed E-state index contributed by atoms with van der Waals surface area (Å²) in [7, 11) is 0. The molecule has 0 bridgehead atoms. The summed E-state index contributed by atoms with van der Waals surface area (Å²) in [5.41, 5.74) is 0.694. The maximum atomic E-state index is 12.2. The van der Waals surface area contributed by atoms with E-state index < -0.39 is 0 Å². The van der Waals surface area contributed by atoms with Gasteiger partial charge in [-0.05, 0) is 70.3 Å². The number of nitrogens with one attached hydrogen (secondary N) is 1. The highest BCUT2D eigenvalue weighted by Gasteiger charge is 2.22. The minimum Gasteiger partial charge on any atom is -0.494 e. The molecule has 0 radical (unpaired) electrons. The third kappa shape index (κ3) is 4.73. The number of carbonyl (C=O) groups excluding carboxylic acids is 1. The number of ether oxygens (including phenoxy) is 1. The number of amides is 1. The van der Waals surface area contributed by atoms with Gasteiger partial charge in [-0.3, -0.25) is 4.79 Å². The Morgan fingerprint density at radius 3 is 2.73 bits per heavy atom. The van der Waals surface area contributed by atoms with E-state index in [1.165, 1.54) is 19.4 Å². The Bertz CT molecular complexity index is 470. The number of carbonyl (C=O) groups is 1. The summed E-state index contributed by atoms with van der Waals surface area (Å²) in [4.78, 5) is 14.7. The molecular weight excluding hydrogens is 276 g/mol. The third-order valence-electron chi connectivity index (χ3n) is 4.26. The van der Waals surface area contributed by atoms with E-state index in [-0.39, 0.29) is 5.91 Å². The van der Waals surface area contributed by atoms with Gasteiger partial charge in [0, 0.05) is 24.7 Å². The van der Waals surface area contributed by atoms with Crippen molar-refractivity contribution in [3.63, 3.8) is 0 Å². The highest BCUT2D eigenvalue weighted by Crippen LogP contribution is 2.18. The first kappa shape index (κ1) is 16.8. The van der Waals surface area contributed by atoms with Gasteiger partial charge in [-0.25, -0.2) is 0 Å². The molecule has 1 aliphatic heterocycles. The van der Waals surface area contributed by atoms with Crippen LogP contribution < -0.4 is 10.1 Å². The molecule has 1 fully saturated rings. The van der Waals surface area contributed by atoms with E-state index in [1.54, 1.807) is 0 Å². The zero-order valence-electron chi connectivity index (χ0n) is 14.0. The average Bonchev–Trinajstić information content (AvgIpc) is 2.54. The Hall–Kier alpha value is -1.55. The van der Waals surface area contributed by atoms with Gasteiger partial charge in [0.15, 0.2) is 0 Å². The Labute approximate surface area is 133 Å². The van der Waals surface area contributed by atoms with E-state index in [9.17, 15) is 4.79 Å². The van der Waals surface area contributed by atoms with Crippen LogP contribution in [-0.4, -0.2) is 43.1 Å². The van der Waals surface area contributed by atoms with Crippen molar-refractivity contribution in [3.8, 4) is 5.75 Å². The van der Waals surface area contributed by atoms with E-state index in [2.05, 4.69) is 24.1 Å². The molecule has 122 valence electrons. The van der Waals surface area contributed by atoms with E-state index in [0.717, 1.165) is 18.8 Å². The molecule has 22 heavy (non-hydrogen) atoms. The number of nitrogens with zero attached hydrogens (tertiary/aromatic N) is 1. The van der Waals surface area contributed by atoms with Gasteiger partial charge in [-0.2, -0.15) is 0 Å². The minimum absolute atomic E-state index is 0.00437. The molecule has 4 nitrogen and oxygen atoms in total. The molecule has 0 saturated carbocycles. The Morgan fingerprint density at radius 2 is 2.09 bits per heavy atom. The molecular formula is C18H28N2O2. The van der Waals surface area contributed by atoms with Crippen molar-refractivity contribution in [2.45, 2.75) is 39.7 Å². The first-order chi connectivity index (χ1) is 10.6. The van der Waals surface area contributed by atoms with Crippen molar-refractivity contribution < 1.29 is 9.53 Å². The van der Waals surface area contributed by atoms with E-state index in [1.807, 2.05) is 31.2 Å². The molecule has 0 spiro atoms. The van der Waals surface area contributed by atoms with Gasteiger partial charge in [0.25, 0.3) is 5.91 Å². The molecule has 1 aromatic carbocycles. The molecule has 2 rings (SSSR count). The normalized spacial score (nSPS) is 19.2. The number of hydrogen-bond acceptors (Lipinski definition) is 3. The van der Waals surface area contributed by atoms with Crippen LogP contribution >= 0.6 is 0 Å². The van der Waals surface area contributed by atoms with Gasteiger partial charge in [0.1, 0.15) is 5.75 Å². The summed E-state index contributed by atoms with van der Waals surface area (Å²) in [5.74, 6) is 1.37. The molecule has 1 amide bonds. The van der Waals surface area contributed by atoms with E-state index in [4.69, 9.17) is 4.74 Å². The topological polar surface area (TPSA) is 41.6 Å². The SMILES string of the molecule is CCOc1ccc(C(=O)NCC2CCCN(C(C)C)C2)cc1. The maximum absolute atomic E-state index is 12.2. The van der Waals surface area contributed by atoms with E-state index in [0.29, 0.717) is 24.1 Å². The lowest BCUT2D eigenvalue weighted by Gasteiger charge is -2.35. The number of rotatable bonds is 6. The molecule has 1 aliphatic rings. The second-order valence-electron chi connectivity index (χ2n) is 6.26. The summed E-state index contributed by atoms with van der Waals surface area (Å²) in [5, 5.41) is 3.07. The fourth-order valence-corrected chi connectivity index (χ4v) is 2.94. The summed E-state index contributed by atoms with van der Waals surface area (Å²) in [6.45, 7) is 10.1. The summed E-state index contributed by atoms with van der Waals surface area (Å²) in [6, 6.07) is 7.92. The Morgan fingerprint density at radius 1 is 1.36 bits per heavy atom. The summed E-state index contributed by atoms with van der Waals surface area (Å²) >= 11 is 0. The fraction of sp³-hybridized carbons (Fsp3) is 0.611. The van der Waals surface area contributed by atoms with Gasteiger partial charge in [0.05, 0.1) is 6.61 Å². The molecule has 1 unspecified atom stereocenters. The van der Waals surface area contributed by atoms with Crippen molar-refractivity contribution in [1.29, 1.82) is 0 Å². The predicted molar refractivity (Wildman–Crippen MR) is 89.4 cm³/mol. The van der Waals surface area contributed by atoms with Crippen molar-refractivity contribution >= 4 is 5.91 Å². The molecule has 1 heterocycles. The molecule has 1 N–H and O–H groups in total. The van der Waals surface area contributed by atoms with Crippen LogP contribution in [0.1, 0.15) is 44.0 Å².